The van der Waals surface area contributed by atoms with E-state index in [9.17, 15) is 43.2 Å². The standard InChI is InChI=1S/C89H174O17P2/c1-5-9-13-17-21-25-29-32-35-38-40-41-42-44-47-50-53-56-60-64-68-72-76-89(94)106-85(80-100-87(92)74-70-66-62-58-54-51-48-46-43-39-36-33-30-26-22-18-14-10-6-2)82-104-108(97,98)102-78-83(90)77-101-107(95,96)103-81-84(79-99-86(91)73-69-65-61-57-28-24-20-16-12-8-4)105-88(93)75-71-67-63-59-55-52-49-45-37-34-31-27-23-19-15-11-7-3/h83-85,90H,5-82H2,1-4H3,(H,95,96)(H,97,98)/t83-,84+,85+/m0/s1. The molecule has 0 heterocycles. The summed E-state index contributed by atoms with van der Waals surface area (Å²) in [5.74, 6) is -2.09. The molecule has 0 radical (unpaired) electrons. The molecule has 0 saturated heterocycles. The quantitative estimate of drug-likeness (QED) is 0.0222. The van der Waals surface area contributed by atoms with Crippen molar-refractivity contribution in [3.63, 3.8) is 0 Å². The maximum Gasteiger partial charge on any atom is 0.472 e. The predicted octanol–water partition coefficient (Wildman–Crippen LogP) is 27.7. The number of hydrogen-bond acceptors (Lipinski definition) is 15. The molecule has 642 valence electrons. The van der Waals surface area contributed by atoms with Crippen LogP contribution in [0.15, 0.2) is 0 Å². The third kappa shape index (κ3) is 82.1. The zero-order valence-electron chi connectivity index (χ0n) is 70.8. The van der Waals surface area contributed by atoms with Crippen LogP contribution in [0.4, 0.5) is 0 Å². The third-order valence-corrected chi connectivity index (χ3v) is 23.0. The van der Waals surface area contributed by atoms with E-state index >= 15 is 0 Å². The van der Waals surface area contributed by atoms with Crippen LogP contribution in [0.3, 0.4) is 0 Å². The number of carbonyl (C=O) groups excluding carboxylic acids is 4. The van der Waals surface area contributed by atoms with Crippen LogP contribution in [-0.2, 0) is 65.4 Å². The van der Waals surface area contributed by atoms with Crippen LogP contribution in [0.1, 0.15) is 490 Å². The molecule has 5 atom stereocenters. The van der Waals surface area contributed by atoms with Crippen LogP contribution in [0, 0.1) is 0 Å². The SMILES string of the molecule is CCCCCCCCCCCCCCCCCCCCCCCCC(=O)O[C@H](COC(=O)CCCCCCCCCCCCCCCCCCCCC)COP(=O)(O)OC[C@@H](O)COP(=O)(O)OC[C@@H](COC(=O)CCCCCCCCCCCC)OC(=O)CCCCCCCCCCCCCCCCCCC. The summed E-state index contributed by atoms with van der Waals surface area (Å²) < 4.78 is 69.0. The van der Waals surface area contributed by atoms with E-state index in [1.54, 1.807) is 0 Å². The lowest BCUT2D eigenvalue weighted by Gasteiger charge is -2.21. The van der Waals surface area contributed by atoms with Gasteiger partial charge in [0.15, 0.2) is 12.2 Å². The van der Waals surface area contributed by atoms with Gasteiger partial charge in [0.1, 0.15) is 19.3 Å². The minimum Gasteiger partial charge on any atom is -0.462 e. The van der Waals surface area contributed by atoms with Gasteiger partial charge in [-0.25, -0.2) is 9.13 Å². The maximum atomic E-state index is 13.2. The van der Waals surface area contributed by atoms with Gasteiger partial charge in [0, 0.05) is 25.7 Å². The minimum absolute atomic E-state index is 0.109. The van der Waals surface area contributed by atoms with Crippen molar-refractivity contribution in [1.29, 1.82) is 0 Å². The van der Waals surface area contributed by atoms with Gasteiger partial charge in [-0.15, -0.1) is 0 Å². The highest BCUT2D eigenvalue weighted by atomic mass is 31.2. The highest BCUT2D eigenvalue weighted by molar-refractivity contribution is 7.47. The molecule has 0 bridgehead atoms. The molecule has 0 aliphatic carbocycles. The molecule has 2 unspecified atom stereocenters. The third-order valence-electron chi connectivity index (χ3n) is 21.1. The van der Waals surface area contributed by atoms with E-state index in [-0.39, 0.29) is 25.7 Å². The fourth-order valence-electron chi connectivity index (χ4n) is 14.1. The van der Waals surface area contributed by atoms with Gasteiger partial charge in [0.25, 0.3) is 0 Å². The summed E-state index contributed by atoms with van der Waals surface area (Å²) in [6.07, 6.45) is 79.3. The van der Waals surface area contributed by atoms with Gasteiger partial charge in [-0.2, -0.15) is 0 Å². The van der Waals surface area contributed by atoms with Crippen molar-refractivity contribution in [2.24, 2.45) is 0 Å². The maximum absolute atomic E-state index is 13.2. The van der Waals surface area contributed by atoms with Crippen molar-refractivity contribution in [2.75, 3.05) is 39.6 Å². The van der Waals surface area contributed by atoms with Gasteiger partial charge in [0.05, 0.1) is 26.4 Å². The smallest absolute Gasteiger partial charge is 0.462 e. The molecule has 0 aliphatic rings. The molecule has 0 aliphatic heterocycles. The Kier molecular flexibility index (Phi) is 81.5. The van der Waals surface area contributed by atoms with E-state index in [1.807, 2.05) is 0 Å². The number of aliphatic hydroxyl groups excluding tert-OH is 1. The number of rotatable bonds is 90. The fraction of sp³-hybridized carbons (Fsp3) is 0.955. The number of carbonyl (C=O) groups is 4. The van der Waals surface area contributed by atoms with Crippen molar-refractivity contribution >= 4 is 39.5 Å². The summed E-state index contributed by atoms with van der Waals surface area (Å²) >= 11 is 0. The molecule has 17 nitrogen and oxygen atoms in total. The molecule has 0 aromatic carbocycles. The second kappa shape index (κ2) is 83.0. The van der Waals surface area contributed by atoms with Crippen LogP contribution >= 0.6 is 15.6 Å². The van der Waals surface area contributed by atoms with Crippen LogP contribution in [0.2, 0.25) is 0 Å². The fourth-order valence-corrected chi connectivity index (χ4v) is 15.6. The first-order chi connectivity index (χ1) is 52.7. The summed E-state index contributed by atoms with van der Waals surface area (Å²) in [7, 11) is -9.93. The zero-order chi connectivity index (χ0) is 78.9. The normalized spacial score (nSPS) is 13.7. The summed E-state index contributed by atoms with van der Waals surface area (Å²) in [5, 5.41) is 10.7. The summed E-state index contributed by atoms with van der Waals surface area (Å²) in [4.78, 5) is 73.3. The molecule has 0 fully saturated rings. The van der Waals surface area contributed by atoms with Crippen molar-refractivity contribution in [3.05, 3.63) is 0 Å². The van der Waals surface area contributed by atoms with Gasteiger partial charge in [-0.1, -0.05) is 439 Å². The first-order valence-electron chi connectivity index (χ1n) is 46.3. The Morgan fingerprint density at radius 1 is 0.222 bits per heavy atom. The van der Waals surface area contributed by atoms with E-state index in [2.05, 4.69) is 27.7 Å². The number of unbranched alkanes of at least 4 members (excludes halogenated alkanes) is 64. The lowest BCUT2D eigenvalue weighted by atomic mass is 10.0. The van der Waals surface area contributed by atoms with Crippen molar-refractivity contribution in [3.8, 4) is 0 Å². The first kappa shape index (κ1) is 106. The molecule has 0 rings (SSSR count). The molecule has 0 amide bonds. The zero-order valence-corrected chi connectivity index (χ0v) is 72.6. The molecular weight excluding hydrogens is 1400 g/mol. The van der Waals surface area contributed by atoms with Crippen molar-refractivity contribution in [1.82, 2.24) is 0 Å². The Morgan fingerprint density at radius 2 is 0.370 bits per heavy atom. The van der Waals surface area contributed by atoms with Gasteiger partial charge in [-0.3, -0.25) is 37.3 Å². The van der Waals surface area contributed by atoms with Gasteiger partial charge < -0.3 is 33.8 Å². The Labute approximate surface area is 664 Å². The lowest BCUT2D eigenvalue weighted by molar-refractivity contribution is -0.161. The summed E-state index contributed by atoms with van der Waals surface area (Å²) in [6, 6.07) is 0. The largest absolute Gasteiger partial charge is 0.472 e. The Morgan fingerprint density at radius 3 is 0.546 bits per heavy atom. The highest BCUT2D eigenvalue weighted by Crippen LogP contribution is 2.45. The molecule has 0 aromatic rings. The number of phosphoric acid groups is 2. The summed E-state index contributed by atoms with van der Waals surface area (Å²) in [5.41, 5.74) is 0. The van der Waals surface area contributed by atoms with E-state index in [0.717, 1.165) is 89.9 Å². The van der Waals surface area contributed by atoms with Crippen LogP contribution in [-0.4, -0.2) is 96.7 Å². The van der Waals surface area contributed by atoms with Gasteiger partial charge >= 0.3 is 39.5 Å². The molecular formula is C89H174O17P2. The molecule has 108 heavy (non-hydrogen) atoms. The average molecular weight is 1580 g/mol. The molecule has 0 spiro atoms. The number of esters is 4. The van der Waals surface area contributed by atoms with Crippen molar-refractivity contribution < 1.29 is 80.2 Å². The van der Waals surface area contributed by atoms with Gasteiger partial charge in [-0.05, 0) is 25.7 Å². The Bertz CT molecular complexity index is 2030. The Hall–Kier alpha value is -1.94. The van der Waals surface area contributed by atoms with Crippen LogP contribution in [0.25, 0.3) is 0 Å². The van der Waals surface area contributed by atoms with Gasteiger partial charge in [0.2, 0.25) is 0 Å². The summed E-state index contributed by atoms with van der Waals surface area (Å²) in [6.45, 7) is 5.07. The number of phosphoric ester groups is 2. The second-order valence-electron chi connectivity index (χ2n) is 32.0. The first-order valence-corrected chi connectivity index (χ1v) is 49.3. The molecule has 3 N–H and O–H groups in total. The molecule has 19 heteroatoms. The average Bonchev–Trinajstić information content (AvgIpc) is 0.901. The van der Waals surface area contributed by atoms with E-state index < -0.39 is 97.5 Å². The van der Waals surface area contributed by atoms with Crippen LogP contribution in [0.5, 0.6) is 0 Å². The van der Waals surface area contributed by atoms with E-state index in [4.69, 9.17) is 37.0 Å². The Balaban J connectivity index is 5.21. The monoisotopic (exact) mass is 1580 g/mol. The molecule has 0 aromatic heterocycles. The highest BCUT2D eigenvalue weighted by Gasteiger charge is 2.30. The van der Waals surface area contributed by atoms with E-state index in [0.29, 0.717) is 25.7 Å². The number of hydrogen-bond donors (Lipinski definition) is 3. The van der Waals surface area contributed by atoms with Crippen molar-refractivity contribution in [2.45, 2.75) is 508 Å². The number of aliphatic hydroxyl groups is 1. The predicted molar refractivity (Wildman–Crippen MR) is 446 cm³/mol. The molecule has 0 saturated carbocycles. The second-order valence-corrected chi connectivity index (χ2v) is 34.9. The lowest BCUT2D eigenvalue weighted by Crippen LogP contribution is -2.30. The minimum atomic E-state index is -4.97. The van der Waals surface area contributed by atoms with Crippen LogP contribution < -0.4 is 0 Å². The number of ether oxygens (including phenoxy) is 4. The van der Waals surface area contributed by atoms with E-state index in [1.165, 1.54) is 321 Å². The topological polar surface area (TPSA) is 237 Å².